The van der Waals surface area contributed by atoms with Crippen LogP contribution in [-0.2, 0) is 21.9 Å². The normalized spacial score (nSPS) is 15.6. The Morgan fingerprint density at radius 2 is 1.36 bits per heavy atom. The van der Waals surface area contributed by atoms with Crippen molar-refractivity contribution in [3.05, 3.63) is 126 Å². The van der Waals surface area contributed by atoms with Gasteiger partial charge in [0, 0.05) is 16.3 Å². The lowest BCUT2D eigenvalue weighted by atomic mass is 10.1. The lowest BCUT2D eigenvalue weighted by molar-refractivity contribution is 0.316. The average Bonchev–Trinajstić information content (AvgIpc) is 3.34. The second-order valence-electron chi connectivity index (χ2n) is 8.17. The first-order valence-corrected chi connectivity index (χ1v) is 13.0. The molecule has 3 aromatic carbocycles. The highest BCUT2D eigenvalue weighted by molar-refractivity contribution is 7.78. The Kier molecular flexibility index (Phi) is 6.19. The Bertz CT molecular complexity index is 1250. The molecule has 164 valence electrons. The van der Waals surface area contributed by atoms with E-state index in [1.165, 1.54) is 5.56 Å². The quantitative estimate of drug-likeness (QED) is 0.372. The Balaban J connectivity index is 1.42. The largest absolute Gasteiger partial charge is 0.474 e. The van der Waals surface area contributed by atoms with Crippen LogP contribution in [0.25, 0.3) is 0 Å². The number of benzene rings is 3. The molecule has 0 N–H and O–H groups in total. The minimum Gasteiger partial charge on any atom is -0.474 e. The molecule has 5 heteroatoms. The van der Waals surface area contributed by atoms with Gasteiger partial charge in [-0.05, 0) is 24.1 Å². The zero-order chi connectivity index (χ0) is 22.5. The third-order valence-corrected chi connectivity index (χ3v) is 8.82. The Morgan fingerprint density at radius 3 is 2.00 bits per heavy atom. The van der Waals surface area contributed by atoms with Gasteiger partial charge in [0.25, 0.3) is 0 Å². The molecule has 5 rings (SSSR count). The van der Waals surface area contributed by atoms with Gasteiger partial charge < -0.3 is 9.30 Å². The van der Waals surface area contributed by atoms with Crippen LogP contribution in [0.4, 0.5) is 0 Å². The number of ether oxygens (including phenoxy) is 1. The summed E-state index contributed by atoms with van der Waals surface area (Å²) in [7, 11) is -2.90. The number of aliphatic imine (C=N–C) groups is 1. The van der Waals surface area contributed by atoms with Crippen LogP contribution >= 0.6 is 7.14 Å². The van der Waals surface area contributed by atoms with E-state index in [0.717, 1.165) is 22.7 Å². The molecule has 0 radical (unpaired) electrons. The summed E-state index contributed by atoms with van der Waals surface area (Å²) >= 11 is 0. The summed E-state index contributed by atoms with van der Waals surface area (Å²) in [6.07, 6.45) is 1.18. The molecule has 0 spiro atoms. The second-order valence-corrected chi connectivity index (χ2v) is 11.0. The van der Waals surface area contributed by atoms with Gasteiger partial charge in [-0.15, -0.1) is 0 Å². The van der Waals surface area contributed by atoms with Gasteiger partial charge in [0.1, 0.15) is 19.4 Å². The van der Waals surface area contributed by atoms with E-state index < -0.39 is 7.14 Å². The lowest BCUT2D eigenvalue weighted by Gasteiger charge is -2.19. The average molecular weight is 452 g/mol. The Morgan fingerprint density at radius 1 is 0.758 bits per heavy atom. The van der Waals surface area contributed by atoms with E-state index in [9.17, 15) is 4.57 Å². The number of rotatable bonds is 7. The molecule has 0 saturated carbocycles. The van der Waals surface area contributed by atoms with Crippen molar-refractivity contribution >= 4 is 23.6 Å². The predicted molar refractivity (Wildman–Crippen MR) is 134 cm³/mol. The van der Waals surface area contributed by atoms with Gasteiger partial charge in [-0.2, -0.15) is 0 Å². The fourth-order valence-corrected chi connectivity index (χ4v) is 6.73. The predicted octanol–water partition coefficient (Wildman–Crippen LogP) is 4.98. The first-order valence-electron chi connectivity index (χ1n) is 11.1. The molecule has 1 aromatic heterocycles. The van der Waals surface area contributed by atoms with Crippen molar-refractivity contribution < 1.29 is 9.30 Å². The number of aromatic nitrogens is 1. The number of hydrogen-bond donors (Lipinski definition) is 0. The fourth-order valence-electron chi connectivity index (χ4n) is 4.13. The molecule has 4 nitrogen and oxygen atoms in total. The first kappa shape index (κ1) is 21.4. The fraction of sp³-hybridized carbons (Fsp3) is 0.143. The van der Waals surface area contributed by atoms with Gasteiger partial charge in [0.05, 0.1) is 12.2 Å². The van der Waals surface area contributed by atoms with Crippen LogP contribution in [0, 0.1) is 0 Å². The van der Waals surface area contributed by atoms with Crippen LogP contribution in [0.2, 0.25) is 0 Å². The maximum atomic E-state index is 14.4. The SMILES string of the molecule is O=P(Cc1cccc(C2=NC(Cc3ccccc3)CO2)n1)(c1ccccc1)c1ccccc1. The van der Waals surface area contributed by atoms with Gasteiger partial charge in [-0.1, -0.05) is 97.1 Å². The van der Waals surface area contributed by atoms with E-state index in [2.05, 4.69) is 12.1 Å². The van der Waals surface area contributed by atoms with Crippen molar-refractivity contribution in [2.45, 2.75) is 18.6 Å². The van der Waals surface area contributed by atoms with E-state index in [1.807, 2.05) is 97.1 Å². The molecule has 2 heterocycles. The topological polar surface area (TPSA) is 51.5 Å². The maximum Gasteiger partial charge on any atom is 0.235 e. The van der Waals surface area contributed by atoms with Crippen LogP contribution in [0.3, 0.4) is 0 Å². The van der Waals surface area contributed by atoms with Crippen molar-refractivity contribution in [3.63, 3.8) is 0 Å². The van der Waals surface area contributed by atoms with Gasteiger partial charge in [-0.3, -0.25) is 0 Å². The third-order valence-electron chi connectivity index (χ3n) is 5.78. The molecule has 0 fully saturated rings. The van der Waals surface area contributed by atoms with Crippen molar-refractivity contribution in [2.75, 3.05) is 6.61 Å². The molecule has 1 unspecified atom stereocenters. The number of pyridine rings is 1. The second kappa shape index (κ2) is 9.56. The molecule has 0 aliphatic carbocycles. The molecule has 0 bridgehead atoms. The molecule has 4 aromatic rings. The summed E-state index contributed by atoms with van der Waals surface area (Å²) in [5.74, 6) is 0.562. The van der Waals surface area contributed by atoms with Gasteiger partial charge in [0.2, 0.25) is 5.90 Å². The molecule has 0 saturated heterocycles. The summed E-state index contributed by atoms with van der Waals surface area (Å²) in [5.41, 5.74) is 2.70. The van der Waals surface area contributed by atoms with E-state index in [1.54, 1.807) is 0 Å². The minimum absolute atomic E-state index is 0.0765. The molecule has 0 amide bonds. The summed E-state index contributed by atoms with van der Waals surface area (Å²) in [4.78, 5) is 9.57. The van der Waals surface area contributed by atoms with Crippen LogP contribution in [0.1, 0.15) is 17.0 Å². The highest BCUT2D eigenvalue weighted by Crippen LogP contribution is 2.46. The highest BCUT2D eigenvalue weighted by atomic mass is 31.2. The van der Waals surface area contributed by atoms with E-state index in [4.69, 9.17) is 14.7 Å². The van der Waals surface area contributed by atoms with Crippen LogP contribution < -0.4 is 10.6 Å². The van der Waals surface area contributed by atoms with Crippen molar-refractivity contribution in [1.29, 1.82) is 0 Å². The Hall–Kier alpha value is -3.49. The summed E-state index contributed by atoms with van der Waals surface area (Å²) in [6, 6.07) is 35.5. The number of hydrogen-bond acceptors (Lipinski definition) is 4. The van der Waals surface area contributed by atoms with Crippen LogP contribution in [-0.4, -0.2) is 23.5 Å². The smallest absolute Gasteiger partial charge is 0.235 e. The van der Waals surface area contributed by atoms with Gasteiger partial charge in [0.15, 0.2) is 0 Å². The van der Waals surface area contributed by atoms with Crippen molar-refractivity contribution in [3.8, 4) is 0 Å². The van der Waals surface area contributed by atoms with Crippen molar-refractivity contribution in [2.24, 2.45) is 4.99 Å². The van der Waals surface area contributed by atoms with Gasteiger partial charge in [-0.25, -0.2) is 9.98 Å². The summed E-state index contributed by atoms with van der Waals surface area (Å²) < 4.78 is 20.3. The highest BCUT2D eigenvalue weighted by Gasteiger charge is 2.29. The van der Waals surface area contributed by atoms with E-state index >= 15 is 0 Å². The molecular weight excluding hydrogens is 427 g/mol. The standard InChI is InChI=1S/C28H25N2O2P/c31-33(25-14-6-2-7-15-25,26-16-8-3-9-17-26)21-23-13-10-18-27(29-23)28-30-24(20-32-28)19-22-11-4-1-5-12-22/h1-18,24H,19-21H2. The van der Waals surface area contributed by atoms with Crippen LogP contribution in [0.5, 0.6) is 0 Å². The third kappa shape index (κ3) is 4.81. The lowest BCUT2D eigenvalue weighted by Crippen LogP contribution is -2.18. The first-order chi connectivity index (χ1) is 16.2. The van der Waals surface area contributed by atoms with Crippen LogP contribution in [0.15, 0.2) is 114 Å². The molecule has 1 aliphatic rings. The Labute approximate surface area is 194 Å². The van der Waals surface area contributed by atoms with E-state index in [0.29, 0.717) is 24.4 Å². The zero-order valence-electron chi connectivity index (χ0n) is 18.2. The molecular formula is C28H25N2O2P. The number of nitrogens with zero attached hydrogens (tertiary/aromatic N) is 2. The van der Waals surface area contributed by atoms with Gasteiger partial charge >= 0.3 is 0 Å². The molecule has 1 atom stereocenters. The van der Waals surface area contributed by atoms with Crippen molar-refractivity contribution in [1.82, 2.24) is 4.98 Å². The van der Waals surface area contributed by atoms with E-state index in [-0.39, 0.29) is 6.04 Å². The molecule has 1 aliphatic heterocycles. The summed E-state index contributed by atoms with van der Waals surface area (Å²) in [5, 5.41) is 1.67. The summed E-state index contributed by atoms with van der Waals surface area (Å²) in [6.45, 7) is 0.544. The maximum absolute atomic E-state index is 14.4. The minimum atomic E-state index is -2.90. The molecule has 33 heavy (non-hydrogen) atoms. The monoisotopic (exact) mass is 452 g/mol. The zero-order valence-corrected chi connectivity index (χ0v) is 19.1.